The summed E-state index contributed by atoms with van der Waals surface area (Å²) in [6.45, 7) is 98.7. The molecule has 150 heavy (non-hydrogen) atoms. The lowest BCUT2D eigenvalue weighted by Gasteiger charge is -2.18. The summed E-state index contributed by atoms with van der Waals surface area (Å²) in [5.41, 5.74) is 18.9. The van der Waals surface area contributed by atoms with Crippen molar-refractivity contribution in [3.8, 4) is 0 Å². The number of allylic oxidation sites excluding steroid dienone is 2. The van der Waals surface area contributed by atoms with Crippen molar-refractivity contribution in [2.75, 3.05) is 38.8 Å². The van der Waals surface area contributed by atoms with Gasteiger partial charge in [0.2, 0.25) is 42.0 Å². The lowest BCUT2D eigenvalue weighted by Crippen LogP contribution is -2.32. The predicted octanol–water partition coefficient (Wildman–Crippen LogP) is 20.5. The fraction of sp³-hybridized carbons (Fsp3) is 0.626. The number of hydrogen-bond donors (Lipinski definition) is 17. The van der Waals surface area contributed by atoms with E-state index < -0.39 is 22.9 Å². The number of halogens is 2. The number of benzene rings is 2. The number of carbonyl (C=O) groups excluding carboxylic acids is 6. The lowest BCUT2D eigenvalue weighted by atomic mass is 9.87. The molecule has 0 saturated heterocycles. The second-order valence-electron chi connectivity index (χ2n) is 50.1. The summed E-state index contributed by atoms with van der Waals surface area (Å²) in [6, 6.07) is 18.7. The van der Waals surface area contributed by atoms with Crippen molar-refractivity contribution in [2.45, 2.75) is 369 Å². The fourth-order valence-electron chi connectivity index (χ4n) is 9.22. The fourth-order valence-corrected chi connectivity index (χ4v) is 9.96. The molecule has 8 aromatic heterocycles. The number of carboxylic acids is 1. The van der Waals surface area contributed by atoms with Gasteiger partial charge in [0.05, 0.1) is 34.6 Å². The van der Waals surface area contributed by atoms with Gasteiger partial charge >= 0.3 is 5.97 Å². The topological polar surface area (TPSA) is 605 Å². The molecule has 0 aliphatic carbocycles. The Morgan fingerprint density at radius 1 is 0.527 bits per heavy atom. The van der Waals surface area contributed by atoms with Gasteiger partial charge in [0.1, 0.15) is 5.76 Å². The van der Waals surface area contributed by atoms with E-state index in [4.69, 9.17) is 37.7 Å². The van der Waals surface area contributed by atoms with E-state index in [1.54, 1.807) is 111 Å². The van der Waals surface area contributed by atoms with Gasteiger partial charge in [-0.2, -0.15) is 24.4 Å². The van der Waals surface area contributed by atoms with Crippen molar-refractivity contribution in [3.05, 3.63) is 183 Å². The molecule has 19 N–H and O–H groups in total. The van der Waals surface area contributed by atoms with Gasteiger partial charge in [-0.1, -0.05) is 331 Å². The number of tetrazole rings is 2. The highest BCUT2D eigenvalue weighted by Crippen LogP contribution is 2.30. The Morgan fingerprint density at radius 2 is 0.960 bits per heavy atom. The normalized spacial score (nSPS) is 11.5. The third-order valence-corrected chi connectivity index (χ3v) is 19.2. The number of H-pyrrole nitrogens is 9. The number of aromatic nitrogens is 18. The van der Waals surface area contributed by atoms with Crippen LogP contribution in [0, 0.1) is 44.5 Å². The minimum Gasteiger partial charge on any atom is -0.481 e. The molecule has 8 heterocycles. The number of carbonyl (C=O) groups is 7. The molecule has 0 aliphatic rings. The van der Waals surface area contributed by atoms with Gasteiger partial charge in [0.15, 0.2) is 17.6 Å². The number of hydroxylamine groups is 1. The van der Waals surface area contributed by atoms with Gasteiger partial charge in [-0.25, -0.2) is 22.0 Å². The van der Waals surface area contributed by atoms with E-state index in [2.05, 4.69) is 240 Å². The molecule has 10 aromatic rings. The third-order valence-electron chi connectivity index (χ3n) is 18.0. The van der Waals surface area contributed by atoms with Crippen LogP contribution < -0.4 is 55.1 Å². The molecule has 0 unspecified atom stereocenters. The summed E-state index contributed by atoms with van der Waals surface area (Å²) >= 11 is 1.42. The maximum absolute atomic E-state index is 11.4. The molecule has 0 saturated carbocycles. The third kappa shape index (κ3) is 73.9. The molecule has 0 radical (unpaired) electrons. The van der Waals surface area contributed by atoms with Gasteiger partial charge in [-0.3, -0.25) is 82.5 Å². The van der Waals surface area contributed by atoms with Crippen LogP contribution in [-0.4, -0.2) is 170 Å². The van der Waals surface area contributed by atoms with E-state index in [9.17, 15) is 56.7 Å². The molecule has 0 atom stereocenters. The maximum Gasteiger partial charge on any atom is 0.310 e. The number of carboxylic acid groups (broad SMARTS) is 1. The number of esters is 1. The number of aryl methyl sites for hydroxylation is 1. The first-order valence-corrected chi connectivity index (χ1v) is 49.3. The zero-order valence-corrected chi connectivity index (χ0v) is 101. The number of amides is 5. The van der Waals surface area contributed by atoms with Crippen molar-refractivity contribution in [1.82, 2.24) is 107 Å². The molecule has 2 aromatic carbocycles. The highest BCUT2D eigenvalue weighted by Gasteiger charge is 2.27. The Labute approximate surface area is 891 Å². The van der Waals surface area contributed by atoms with Crippen LogP contribution in [-0.2, 0) is 88.7 Å². The van der Waals surface area contributed by atoms with Crippen LogP contribution in [0.4, 0.5) is 20.7 Å². The number of primary amides is 1. The van der Waals surface area contributed by atoms with Gasteiger partial charge in [0.25, 0.3) is 34.3 Å². The Hall–Kier alpha value is -13.1. The molecule has 43 heteroatoms. The zero-order chi connectivity index (χ0) is 120. The number of anilines is 2. The van der Waals surface area contributed by atoms with Crippen molar-refractivity contribution in [1.29, 1.82) is 0 Å². The number of fused-ring (bicyclic) bond motifs is 2. The van der Waals surface area contributed by atoms with Crippen molar-refractivity contribution >= 4 is 87.0 Å². The number of rotatable bonds is 2. The number of nitrogens with two attached hydrogens (primary N) is 2. The van der Waals surface area contributed by atoms with Crippen LogP contribution in [0.15, 0.2) is 109 Å². The second kappa shape index (κ2) is 63.8. The van der Waals surface area contributed by atoms with E-state index >= 15 is 0 Å². The van der Waals surface area contributed by atoms with Crippen LogP contribution >= 0.6 is 11.5 Å². The average Bonchev–Trinajstić information content (AvgIpc) is 1.65. The standard InChI is InChI=1S/C13H17N3O.C11H15N3.C8H14N2O.C8H15NO.C7H12N2O.C7H11NO2.C7H11NOS.C6H10F2.C6H13NO.C6H11N.C6H12O2.2C5H10N4.C5H11NO2.C5H11NO.C2H4O2/c1-8(17)14-12-15-10-6-5-9(13(2,3)4)7-11(10)16-12;1-11(2,3)7-4-5-8-9(6-7)14-10(12)13-8;1-8(2,3)6-5-7(11)9-10(6)4;1-8(2,3)6-5-7(10)9-4;1-7(2,3)5-4-6(10)9-8-5;2*1-7(2,3)5-4-6(9)8-10-5;1-6(2,3)4-5(7)8;1-6(2,3)5(8)7-4;1-6(2,3)5-7-4;1-6(2,3)5(7)8-4;2*1-5(2,3)4-6-8-9-7-4;1-5(2,3)4(7)6-8;1-5(2,3)4(6)7;1-2(3)4/h5-7H,1-4H3,(H2,14,15,16,17);4-6H,1-3H3,(H3,12,13,14);5H,1-4H3,(H,9,11);5-6H,1-4H3,(H,9,10);4H,1-3H3,(H2,8,9,10);2*4H,1-3H3,(H,8,9);4H,1-3H3;1-4H3,(H,7,8);5H2,1-3H3;1-4H3;2*1-3H3,(H,6,7,8,9);8H,1-3H3,(H,6,7);1-3H3,(H2,6,7);1H3,(H,3,4)/b;;;6-5+;;;;;;;;;;;;. The summed E-state index contributed by atoms with van der Waals surface area (Å²) < 4.78 is 36.6. The molecule has 0 spiro atoms. The first-order valence-electron chi connectivity index (χ1n) is 48.5. The highest BCUT2D eigenvalue weighted by molar-refractivity contribution is 7.05. The Morgan fingerprint density at radius 3 is 1.15 bits per heavy atom. The van der Waals surface area contributed by atoms with Crippen LogP contribution in [0.25, 0.3) is 26.9 Å². The van der Waals surface area contributed by atoms with Gasteiger partial charge in [-0.15, -0.1) is 20.4 Å². The maximum atomic E-state index is 11.4. The van der Waals surface area contributed by atoms with Gasteiger partial charge < -0.3 is 56.4 Å². The molecule has 850 valence electrons. The lowest BCUT2D eigenvalue weighted by molar-refractivity contribution is -0.149. The number of ether oxygens (including phenoxy) is 1. The molecule has 0 aliphatic heterocycles. The van der Waals surface area contributed by atoms with E-state index in [-0.39, 0.29) is 128 Å². The number of aliphatic carboxylic acids is 1. The number of hydrogen-bond acceptors (Lipinski definition) is 24. The van der Waals surface area contributed by atoms with Crippen LogP contribution in [0.1, 0.15) is 370 Å². The van der Waals surface area contributed by atoms with E-state index in [1.807, 2.05) is 171 Å². The SMILES string of the molecule is CC(=O)Nc1nc2ccc(C(C)(C)C)cc2[nH]1.CC(=O)O.CC(C)(C)C(=O)NO.CC(C)(C)C(N)=O.CC(C)(C)C=C(F)F.CC(C)(C)c1cc(=O)[nH][nH]1.CC(C)(C)c1cc(=O)[nH]o1.CC(C)(C)c1cc(=O)[nH]s1.CC(C)(C)c1ccc2nc(N)[nH]c2c1.CC(C)(C)c1nn[nH]n1.CC(C)(C)c1nn[nH]n1.CNC(=O)/C=C/C(C)(C)C.CNC(=O)C(C)(C)C.COC(=O)C(C)(C)C.Cn1[nH]c(=O)cc1C(C)(C)C.[C-]#[N+]CC(C)(C)C. The van der Waals surface area contributed by atoms with E-state index in [0.717, 1.165) is 63.0 Å². The number of aromatic amines is 9. The van der Waals surface area contributed by atoms with Crippen LogP contribution in [0.3, 0.4) is 0 Å². The number of imidazole rings is 2. The number of likely N-dealkylation sites (N-methyl/N-ethyl adjacent to an activating group) is 1. The Kier molecular flexibility index (Phi) is 62.7. The van der Waals surface area contributed by atoms with Crippen molar-refractivity contribution < 1.29 is 61.9 Å². The first kappa shape index (κ1) is 148. The van der Waals surface area contributed by atoms with E-state index in [1.165, 1.54) is 42.8 Å². The van der Waals surface area contributed by atoms with Gasteiger partial charge in [-0.05, 0) is 95.4 Å². The quantitative estimate of drug-likeness (QED) is 0.0251. The second-order valence-corrected chi connectivity index (χ2v) is 50.9. The zero-order valence-electron chi connectivity index (χ0n) is 99.7. The van der Waals surface area contributed by atoms with Crippen LogP contribution in [0.5, 0.6) is 0 Å². The monoisotopic (exact) mass is 2130 g/mol. The molecular weight excluding hydrogens is 1950 g/mol. The summed E-state index contributed by atoms with van der Waals surface area (Å²) in [7, 11) is 6.51. The van der Waals surface area contributed by atoms with Crippen molar-refractivity contribution in [3.63, 3.8) is 0 Å². The molecular formula is C107H187F2N25O15S. The minimum atomic E-state index is -1.60. The Bertz CT molecular complexity index is 5710. The minimum absolute atomic E-state index is 0.00694. The largest absolute Gasteiger partial charge is 0.481 e. The molecule has 0 fully saturated rings. The number of nitrogens with zero attached hydrogens (tertiary/aromatic N) is 10. The van der Waals surface area contributed by atoms with Gasteiger partial charge in [0, 0.05) is 124 Å². The highest BCUT2D eigenvalue weighted by atomic mass is 32.1. The summed E-state index contributed by atoms with van der Waals surface area (Å²) in [6.07, 6.45) is 2.77. The molecule has 40 nitrogen and oxygen atoms in total. The summed E-state index contributed by atoms with van der Waals surface area (Å²) in [5.74, 6) is 1.46. The predicted molar refractivity (Wildman–Crippen MR) is 600 cm³/mol. The number of methoxy groups -OCH3 is 1. The van der Waals surface area contributed by atoms with Crippen LogP contribution in [0.2, 0.25) is 0 Å². The molecule has 10 rings (SSSR count). The van der Waals surface area contributed by atoms with E-state index in [0.29, 0.717) is 24.2 Å². The average molecular weight is 2130 g/mol. The Balaban J connectivity index is -0.000000372. The smallest absolute Gasteiger partial charge is 0.310 e. The first-order chi connectivity index (χ1) is 67.0. The molecule has 5 amide bonds. The molecule has 0 bridgehead atoms. The summed E-state index contributed by atoms with van der Waals surface area (Å²) in [4.78, 5) is 134. The number of nitrogens with one attached hydrogen (secondary N) is 13. The summed E-state index contributed by atoms with van der Waals surface area (Å²) in [5, 5.41) is 60.5. The van der Waals surface area contributed by atoms with Crippen molar-refractivity contribution in [2.24, 2.45) is 50.7 Å². The number of nitrogen functional groups attached to an aromatic ring is 1.